The first-order valence-corrected chi connectivity index (χ1v) is 3.53. The Kier molecular flexibility index (Phi) is 2.49. The molecule has 1 N–H and O–H groups in total. The summed E-state index contributed by atoms with van der Waals surface area (Å²) < 4.78 is 5.11. The van der Waals surface area contributed by atoms with E-state index in [2.05, 4.69) is 0 Å². The van der Waals surface area contributed by atoms with Crippen molar-refractivity contribution in [3.05, 3.63) is 29.3 Å². The molecular formula is C9H12O2. The van der Waals surface area contributed by atoms with Crippen molar-refractivity contribution in [2.24, 2.45) is 0 Å². The number of aliphatic hydroxyl groups excluding tert-OH is 1. The number of ether oxygens (including phenoxy) is 1. The van der Waals surface area contributed by atoms with E-state index in [1.54, 1.807) is 7.11 Å². The van der Waals surface area contributed by atoms with Gasteiger partial charge < -0.3 is 9.84 Å². The van der Waals surface area contributed by atoms with Gasteiger partial charge in [-0.25, -0.2) is 0 Å². The van der Waals surface area contributed by atoms with Crippen LogP contribution in [-0.2, 0) is 6.61 Å². The Morgan fingerprint density at radius 3 is 2.64 bits per heavy atom. The average molecular weight is 152 g/mol. The van der Waals surface area contributed by atoms with Crippen LogP contribution in [0, 0.1) is 6.92 Å². The number of methoxy groups -OCH3 is 1. The molecule has 0 aromatic heterocycles. The number of hydrogen-bond acceptors (Lipinski definition) is 2. The Hall–Kier alpha value is -1.02. The quantitative estimate of drug-likeness (QED) is 0.695. The molecule has 0 aliphatic rings. The molecule has 0 atom stereocenters. The molecular weight excluding hydrogens is 140 g/mol. The molecule has 1 aromatic rings. The Bertz CT molecular complexity index is 243. The summed E-state index contributed by atoms with van der Waals surface area (Å²) in [7, 11) is 1.61. The highest BCUT2D eigenvalue weighted by Crippen LogP contribution is 2.22. The molecule has 0 aliphatic heterocycles. The summed E-state index contributed by atoms with van der Waals surface area (Å²) in [6.07, 6.45) is 0. The Labute approximate surface area is 66.4 Å². The van der Waals surface area contributed by atoms with Gasteiger partial charge in [-0.2, -0.15) is 0 Å². The molecule has 0 amide bonds. The maximum atomic E-state index is 8.89. The van der Waals surface area contributed by atoms with E-state index in [-0.39, 0.29) is 6.61 Å². The van der Waals surface area contributed by atoms with Gasteiger partial charge in [0.15, 0.2) is 0 Å². The number of hydrogen-bond donors (Lipinski definition) is 1. The predicted molar refractivity (Wildman–Crippen MR) is 43.7 cm³/mol. The number of rotatable bonds is 2. The van der Waals surface area contributed by atoms with Gasteiger partial charge in [0.1, 0.15) is 5.75 Å². The molecule has 0 saturated heterocycles. The molecule has 60 valence electrons. The van der Waals surface area contributed by atoms with Crippen LogP contribution < -0.4 is 4.74 Å². The third-order valence-electron chi connectivity index (χ3n) is 1.67. The maximum Gasteiger partial charge on any atom is 0.127 e. The predicted octanol–water partition coefficient (Wildman–Crippen LogP) is 1.50. The minimum Gasteiger partial charge on any atom is -0.496 e. The van der Waals surface area contributed by atoms with Crippen LogP contribution in [0.5, 0.6) is 5.75 Å². The van der Waals surface area contributed by atoms with E-state index in [1.165, 1.54) is 0 Å². The van der Waals surface area contributed by atoms with E-state index in [0.29, 0.717) is 0 Å². The lowest BCUT2D eigenvalue weighted by molar-refractivity contribution is 0.273. The van der Waals surface area contributed by atoms with Gasteiger partial charge in [-0.15, -0.1) is 0 Å². The monoisotopic (exact) mass is 152 g/mol. The SMILES string of the molecule is COc1c(C)cccc1CO. The molecule has 0 saturated carbocycles. The van der Waals surface area contributed by atoms with Gasteiger partial charge in [0.2, 0.25) is 0 Å². The van der Waals surface area contributed by atoms with Gasteiger partial charge in [-0.1, -0.05) is 18.2 Å². The number of benzene rings is 1. The summed E-state index contributed by atoms with van der Waals surface area (Å²) in [4.78, 5) is 0. The first-order chi connectivity index (χ1) is 5.29. The largest absolute Gasteiger partial charge is 0.496 e. The highest BCUT2D eigenvalue weighted by Gasteiger charge is 2.02. The van der Waals surface area contributed by atoms with Crippen LogP contribution in [0.2, 0.25) is 0 Å². The third-order valence-corrected chi connectivity index (χ3v) is 1.67. The van der Waals surface area contributed by atoms with E-state index in [9.17, 15) is 0 Å². The minimum atomic E-state index is 0.0326. The second-order valence-corrected chi connectivity index (χ2v) is 2.43. The number of aryl methyl sites for hydroxylation is 1. The summed E-state index contributed by atoms with van der Waals surface area (Å²) in [6, 6.07) is 5.72. The van der Waals surface area contributed by atoms with Gasteiger partial charge in [0.05, 0.1) is 13.7 Å². The fourth-order valence-corrected chi connectivity index (χ4v) is 1.13. The lowest BCUT2D eigenvalue weighted by atomic mass is 10.1. The fraction of sp³-hybridized carbons (Fsp3) is 0.333. The van der Waals surface area contributed by atoms with E-state index < -0.39 is 0 Å². The van der Waals surface area contributed by atoms with Crippen LogP contribution in [0.1, 0.15) is 11.1 Å². The maximum absolute atomic E-state index is 8.89. The summed E-state index contributed by atoms with van der Waals surface area (Å²) in [5.41, 5.74) is 1.89. The van der Waals surface area contributed by atoms with Crippen molar-refractivity contribution in [1.29, 1.82) is 0 Å². The molecule has 0 aliphatic carbocycles. The van der Waals surface area contributed by atoms with Crippen LogP contribution >= 0.6 is 0 Å². The van der Waals surface area contributed by atoms with Crippen LogP contribution in [-0.4, -0.2) is 12.2 Å². The zero-order valence-corrected chi connectivity index (χ0v) is 6.79. The molecule has 0 radical (unpaired) electrons. The number of para-hydroxylation sites is 1. The molecule has 2 nitrogen and oxygen atoms in total. The van der Waals surface area contributed by atoms with E-state index in [4.69, 9.17) is 9.84 Å². The molecule has 0 spiro atoms. The second kappa shape index (κ2) is 3.39. The van der Waals surface area contributed by atoms with Crippen molar-refractivity contribution in [3.63, 3.8) is 0 Å². The Morgan fingerprint density at radius 2 is 2.18 bits per heavy atom. The Balaban J connectivity index is 3.13. The van der Waals surface area contributed by atoms with Crippen molar-refractivity contribution in [2.45, 2.75) is 13.5 Å². The van der Waals surface area contributed by atoms with Gasteiger partial charge in [0.25, 0.3) is 0 Å². The van der Waals surface area contributed by atoms with Crippen molar-refractivity contribution in [1.82, 2.24) is 0 Å². The molecule has 0 unspecified atom stereocenters. The fourth-order valence-electron chi connectivity index (χ4n) is 1.13. The van der Waals surface area contributed by atoms with E-state index in [0.717, 1.165) is 16.9 Å². The van der Waals surface area contributed by atoms with Crippen molar-refractivity contribution < 1.29 is 9.84 Å². The summed E-state index contributed by atoms with van der Waals surface area (Å²) in [5, 5.41) is 8.89. The molecule has 0 bridgehead atoms. The smallest absolute Gasteiger partial charge is 0.127 e. The van der Waals surface area contributed by atoms with Crippen molar-refractivity contribution >= 4 is 0 Å². The van der Waals surface area contributed by atoms with Crippen LogP contribution in [0.3, 0.4) is 0 Å². The van der Waals surface area contributed by atoms with E-state index in [1.807, 2.05) is 25.1 Å². The minimum absolute atomic E-state index is 0.0326. The zero-order chi connectivity index (χ0) is 8.27. The summed E-state index contributed by atoms with van der Waals surface area (Å²) >= 11 is 0. The molecule has 1 aromatic carbocycles. The third kappa shape index (κ3) is 1.52. The van der Waals surface area contributed by atoms with Gasteiger partial charge in [-0.3, -0.25) is 0 Å². The summed E-state index contributed by atoms with van der Waals surface area (Å²) in [6.45, 7) is 1.99. The van der Waals surface area contributed by atoms with Gasteiger partial charge in [0, 0.05) is 5.56 Å². The highest BCUT2D eigenvalue weighted by molar-refractivity contribution is 5.40. The van der Waals surface area contributed by atoms with Crippen molar-refractivity contribution in [3.8, 4) is 5.75 Å². The lowest BCUT2D eigenvalue weighted by Gasteiger charge is -2.07. The van der Waals surface area contributed by atoms with E-state index >= 15 is 0 Å². The highest BCUT2D eigenvalue weighted by atomic mass is 16.5. The lowest BCUT2D eigenvalue weighted by Crippen LogP contribution is -1.93. The second-order valence-electron chi connectivity index (χ2n) is 2.43. The first kappa shape index (κ1) is 8.08. The molecule has 0 fully saturated rings. The summed E-state index contributed by atoms with van der Waals surface area (Å²) in [5.74, 6) is 0.787. The van der Waals surface area contributed by atoms with Gasteiger partial charge >= 0.3 is 0 Å². The zero-order valence-electron chi connectivity index (χ0n) is 6.79. The van der Waals surface area contributed by atoms with Crippen LogP contribution in [0.4, 0.5) is 0 Å². The molecule has 2 heteroatoms. The standard InChI is InChI=1S/C9H12O2/c1-7-4-3-5-8(6-10)9(7)11-2/h3-5,10H,6H2,1-2H3. The number of aliphatic hydroxyl groups is 1. The topological polar surface area (TPSA) is 29.5 Å². The first-order valence-electron chi connectivity index (χ1n) is 3.53. The molecule has 0 heterocycles. The van der Waals surface area contributed by atoms with Gasteiger partial charge in [-0.05, 0) is 12.5 Å². The van der Waals surface area contributed by atoms with Crippen LogP contribution in [0.25, 0.3) is 0 Å². The Morgan fingerprint density at radius 1 is 1.45 bits per heavy atom. The molecule has 11 heavy (non-hydrogen) atoms. The normalized spacial score (nSPS) is 9.73. The van der Waals surface area contributed by atoms with Crippen molar-refractivity contribution in [2.75, 3.05) is 7.11 Å². The molecule has 1 rings (SSSR count). The van der Waals surface area contributed by atoms with Crippen LogP contribution in [0.15, 0.2) is 18.2 Å². The average Bonchev–Trinajstić information content (AvgIpc) is 2.04.